The van der Waals surface area contributed by atoms with Crippen LogP contribution in [0.2, 0.25) is 0 Å². The molecule has 14 heavy (non-hydrogen) atoms. The third-order valence-corrected chi connectivity index (χ3v) is 0.894. The Labute approximate surface area is 88.9 Å². The number of hydrogen-bond acceptors (Lipinski definition) is 6. The molecule has 0 fully saturated rings. The predicted molar refractivity (Wildman–Crippen MR) is 60.8 cm³/mol. The fourth-order valence-electron chi connectivity index (χ4n) is 0.0745. The topological polar surface area (TPSA) is 86.7 Å². The molecular formula is C6H19O6P2+. The highest BCUT2D eigenvalue weighted by atomic mass is 31.1. The van der Waals surface area contributed by atoms with E-state index in [0.29, 0.717) is 0 Å². The summed E-state index contributed by atoms with van der Waals surface area (Å²) in [7, 11) is 0.817. The Bertz CT molecular complexity index is 81.6. The van der Waals surface area contributed by atoms with Crippen LogP contribution in [0.4, 0.5) is 0 Å². The van der Waals surface area contributed by atoms with Crippen LogP contribution in [0, 0.1) is 0 Å². The van der Waals surface area contributed by atoms with Gasteiger partial charge in [-0.3, -0.25) is 0 Å². The van der Waals surface area contributed by atoms with Crippen molar-refractivity contribution in [1.29, 1.82) is 0 Å². The molecule has 88 valence electrons. The molecule has 0 N–H and O–H groups in total. The van der Waals surface area contributed by atoms with Gasteiger partial charge in [0.25, 0.3) is 0 Å². The van der Waals surface area contributed by atoms with Gasteiger partial charge < -0.3 is 14.4 Å². The van der Waals surface area contributed by atoms with E-state index in [9.17, 15) is 4.57 Å². The molecule has 0 saturated carbocycles. The van der Waals surface area contributed by atoms with Gasteiger partial charge in [-0.05, 0) is 0 Å². The quantitative estimate of drug-likeness (QED) is 0.680. The van der Waals surface area contributed by atoms with Gasteiger partial charge in [-0.2, -0.15) is 9.90 Å². The van der Waals surface area contributed by atoms with E-state index < -0.39 is 8.25 Å². The minimum Gasteiger partial charge on any atom is -0.307 e. The second-order valence-corrected chi connectivity index (χ2v) is 1.77. The molecule has 0 saturated heterocycles. The lowest BCUT2D eigenvalue weighted by Crippen LogP contribution is -1.66. The number of carbonyl (C=O) groups excluding carboxylic acids is 3. The van der Waals surface area contributed by atoms with E-state index in [1.54, 1.807) is 0 Å². The molecule has 0 spiro atoms. The standard InChI is InChI=1S/C2H6O3P.3CH2O.CH4.H3P/c1-4-6(3)5-2;3*1-2;;/h1-2H3;3*1H2;1H4;1H3/q+1;;;;;. The predicted octanol–water partition coefficient (Wildman–Crippen LogP) is 1.08. The molecular weight excluding hydrogens is 230 g/mol. The third-order valence-electron chi connectivity index (χ3n) is 0.298. The summed E-state index contributed by atoms with van der Waals surface area (Å²) >= 11 is 0. The maximum atomic E-state index is 9.88. The summed E-state index contributed by atoms with van der Waals surface area (Å²) in [5, 5.41) is 0. The molecule has 0 heterocycles. The summed E-state index contributed by atoms with van der Waals surface area (Å²) in [4.78, 5) is 24.0. The van der Waals surface area contributed by atoms with Crippen molar-refractivity contribution >= 4 is 38.5 Å². The van der Waals surface area contributed by atoms with Gasteiger partial charge >= 0.3 is 8.25 Å². The SMILES string of the molecule is C.C=O.C=O.C=O.CO[P+](=O)OC.P. The summed E-state index contributed by atoms with van der Waals surface area (Å²) in [6.07, 6.45) is 0. The molecule has 0 aromatic rings. The van der Waals surface area contributed by atoms with Gasteiger partial charge in [0.2, 0.25) is 0 Å². The van der Waals surface area contributed by atoms with Crippen molar-refractivity contribution in [2.75, 3.05) is 14.2 Å². The average Bonchev–Trinajstić information content (AvgIpc) is 2.25. The summed E-state index contributed by atoms with van der Waals surface area (Å²) in [6, 6.07) is 0. The normalized spacial score (nSPS) is 4.43. The number of hydrogen-bond donors (Lipinski definition) is 0. The van der Waals surface area contributed by atoms with Crippen LogP contribution in [0.3, 0.4) is 0 Å². The van der Waals surface area contributed by atoms with E-state index in [1.807, 2.05) is 20.4 Å². The van der Waals surface area contributed by atoms with Crippen LogP contribution in [0.25, 0.3) is 0 Å². The minimum absolute atomic E-state index is 0. The monoisotopic (exact) mass is 249 g/mol. The summed E-state index contributed by atoms with van der Waals surface area (Å²) < 4.78 is 18.3. The zero-order valence-electron chi connectivity index (χ0n) is 7.73. The van der Waals surface area contributed by atoms with Gasteiger partial charge in [0.05, 0.1) is 14.2 Å². The van der Waals surface area contributed by atoms with E-state index in [2.05, 4.69) is 9.05 Å². The van der Waals surface area contributed by atoms with Gasteiger partial charge in [-0.25, -0.2) is 0 Å². The van der Waals surface area contributed by atoms with Crippen LogP contribution < -0.4 is 0 Å². The lowest BCUT2D eigenvalue weighted by molar-refractivity contribution is -0.0987. The average molecular weight is 249 g/mol. The van der Waals surface area contributed by atoms with Crippen molar-refractivity contribution in [1.82, 2.24) is 0 Å². The van der Waals surface area contributed by atoms with Crippen LogP contribution in [-0.4, -0.2) is 34.6 Å². The lowest BCUT2D eigenvalue weighted by Gasteiger charge is -1.66. The zero-order valence-corrected chi connectivity index (χ0v) is 10.0. The highest BCUT2D eigenvalue weighted by Crippen LogP contribution is 2.18. The van der Waals surface area contributed by atoms with Crippen LogP contribution in [0.15, 0.2) is 0 Å². The maximum Gasteiger partial charge on any atom is 0.696 e. The Morgan fingerprint density at radius 1 is 0.857 bits per heavy atom. The summed E-state index contributed by atoms with van der Waals surface area (Å²) in [5.41, 5.74) is 0. The lowest BCUT2D eigenvalue weighted by atomic mass is 11.8. The van der Waals surface area contributed by atoms with E-state index >= 15 is 0 Å². The molecule has 8 heteroatoms. The van der Waals surface area contributed by atoms with Crippen molar-refractivity contribution in [3.05, 3.63) is 0 Å². The molecule has 0 amide bonds. The highest BCUT2D eigenvalue weighted by molar-refractivity contribution is 7.33. The summed E-state index contributed by atoms with van der Waals surface area (Å²) in [5.74, 6) is 0. The highest BCUT2D eigenvalue weighted by Gasteiger charge is 2.10. The Kier molecular flexibility index (Phi) is 221. The van der Waals surface area contributed by atoms with Gasteiger partial charge in [0, 0.05) is 4.57 Å². The largest absolute Gasteiger partial charge is 0.696 e. The molecule has 0 rings (SSSR count). The van der Waals surface area contributed by atoms with E-state index in [4.69, 9.17) is 14.4 Å². The Morgan fingerprint density at radius 3 is 1.00 bits per heavy atom. The fourth-order valence-corrected chi connectivity index (χ4v) is 0.224. The fraction of sp³-hybridized carbons (Fsp3) is 0.500. The molecule has 1 unspecified atom stereocenters. The molecule has 0 aromatic carbocycles. The van der Waals surface area contributed by atoms with Crippen LogP contribution >= 0.6 is 18.2 Å². The van der Waals surface area contributed by atoms with Gasteiger partial charge in [0.1, 0.15) is 20.4 Å². The van der Waals surface area contributed by atoms with Crippen molar-refractivity contribution in [2.45, 2.75) is 7.43 Å². The molecule has 0 radical (unpaired) electrons. The Balaban J connectivity index is -0.0000000175. The minimum atomic E-state index is -1.83. The molecule has 6 nitrogen and oxygen atoms in total. The van der Waals surface area contributed by atoms with Crippen molar-refractivity contribution < 1.29 is 28.0 Å². The van der Waals surface area contributed by atoms with E-state index in [-0.39, 0.29) is 17.3 Å². The molecule has 0 aliphatic carbocycles. The molecule has 1 atom stereocenters. The molecule has 0 bridgehead atoms. The van der Waals surface area contributed by atoms with Gasteiger partial charge in [-0.15, -0.1) is 9.05 Å². The van der Waals surface area contributed by atoms with Gasteiger partial charge in [-0.1, -0.05) is 7.43 Å². The van der Waals surface area contributed by atoms with E-state index in [0.717, 1.165) is 0 Å². The Hall–Kier alpha value is -0.540. The van der Waals surface area contributed by atoms with Crippen molar-refractivity contribution in [3.8, 4) is 0 Å². The first-order valence-corrected chi connectivity index (χ1v) is 3.33. The van der Waals surface area contributed by atoms with E-state index in [1.165, 1.54) is 14.2 Å². The second-order valence-electron chi connectivity index (χ2n) is 0.589. The Morgan fingerprint density at radius 2 is 1.00 bits per heavy atom. The number of carbonyl (C=O) groups is 3. The molecule has 0 aliphatic heterocycles. The first kappa shape index (κ1) is 37.5. The summed E-state index contributed by atoms with van der Waals surface area (Å²) in [6.45, 7) is 6.00. The van der Waals surface area contributed by atoms with Crippen LogP contribution in [0.5, 0.6) is 0 Å². The molecule has 0 aromatic heterocycles. The van der Waals surface area contributed by atoms with Crippen molar-refractivity contribution in [3.63, 3.8) is 0 Å². The first-order chi connectivity index (χ1) is 5.81. The van der Waals surface area contributed by atoms with Gasteiger partial charge in [0.15, 0.2) is 0 Å². The smallest absolute Gasteiger partial charge is 0.307 e. The van der Waals surface area contributed by atoms with Crippen molar-refractivity contribution in [2.24, 2.45) is 0 Å². The first-order valence-electron chi connectivity index (χ1n) is 2.23. The number of rotatable bonds is 2. The maximum absolute atomic E-state index is 9.88. The third kappa shape index (κ3) is 105. The zero-order chi connectivity index (χ0) is 11.0. The molecule has 0 aliphatic rings. The van der Waals surface area contributed by atoms with Crippen LogP contribution in [-0.2, 0) is 28.0 Å². The second kappa shape index (κ2) is 82.3. The van der Waals surface area contributed by atoms with Crippen LogP contribution in [0.1, 0.15) is 7.43 Å².